The van der Waals surface area contributed by atoms with Crippen LogP contribution in [0.5, 0.6) is 0 Å². The summed E-state index contributed by atoms with van der Waals surface area (Å²) in [6.07, 6.45) is 0.439. The second kappa shape index (κ2) is 10.2. The van der Waals surface area contributed by atoms with Gasteiger partial charge in [0.2, 0.25) is 0 Å². The zero-order valence-corrected chi connectivity index (χ0v) is 19.4. The normalized spacial score (nSPS) is 10.7. The molecule has 0 aliphatic heterocycles. The first kappa shape index (κ1) is 24.5. The number of hydrogen-bond donors (Lipinski definition) is 1. The van der Waals surface area contributed by atoms with Gasteiger partial charge in [-0.05, 0) is 31.4 Å². The van der Waals surface area contributed by atoms with Gasteiger partial charge in [0, 0.05) is 23.1 Å². The number of nitrogens with zero attached hydrogens (tertiary/aromatic N) is 2. The van der Waals surface area contributed by atoms with E-state index >= 15 is 0 Å². The van der Waals surface area contributed by atoms with Crippen LogP contribution in [0.2, 0.25) is 0 Å². The van der Waals surface area contributed by atoms with Crippen molar-refractivity contribution in [2.24, 2.45) is 0 Å². The monoisotopic (exact) mass is 483 g/mol. The van der Waals surface area contributed by atoms with E-state index in [1.165, 1.54) is 0 Å². The van der Waals surface area contributed by atoms with E-state index in [-0.39, 0.29) is 16.1 Å². The number of nitro groups is 2. The molecule has 0 unspecified atom stereocenters. The number of benzene rings is 2. The molecule has 3 rings (SSSR count). The van der Waals surface area contributed by atoms with E-state index < -0.39 is 39.2 Å². The number of carbonyl (C=O) groups excluding carboxylic acids is 2. The Morgan fingerprint density at radius 2 is 1.62 bits per heavy atom. The highest BCUT2D eigenvalue weighted by atomic mass is 32.1. The summed E-state index contributed by atoms with van der Waals surface area (Å²) in [6, 6.07) is 10.2. The number of rotatable bonds is 8. The summed E-state index contributed by atoms with van der Waals surface area (Å²) >= 11 is 1.08. The summed E-state index contributed by atoms with van der Waals surface area (Å²) in [5.74, 6) is -1.48. The Balaban J connectivity index is 2.03. The Hall–Kier alpha value is -4.12. The van der Waals surface area contributed by atoms with Crippen molar-refractivity contribution < 1.29 is 24.2 Å². The van der Waals surface area contributed by atoms with Crippen molar-refractivity contribution >= 4 is 39.6 Å². The first-order valence-electron chi connectivity index (χ1n) is 10.3. The lowest BCUT2D eigenvalue weighted by Gasteiger charge is -2.12. The highest BCUT2D eigenvalue weighted by Gasteiger charge is 2.26. The van der Waals surface area contributed by atoms with Gasteiger partial charge in [-0.15, -0.1) is 11.3 Å². The van der Waals surface area contributed by atoms with Crippen LogP contribution in [0.3, 0.4) is 0 Å². The van der Waals surface area contributed by atoms with E-state index in [0.29, 0.717) is 5.56 Å². The molecule has 3 aromatic rings. The lowest BCUT2D eigenvalue weighted by atomic mass is 10.0. The molecule has 0 spiro atoms. The second-order valence-electron chi connectivity index (χ2n) is 7.56. The highest BCUT2D eigenvalue weighted by Crippen LogP contribution is 2.37. The zero-order chi connectivity index (χ0) is 25.0. The first-order valence-corrected chi connectivity index (χ1v) is 11.2. The Labute approximate surface area is 198 Å². The highest BCUT2D eigenvalue weighted by molar-refractivity contribution is 7.15. The minimum absolute atomic E-state index is 0.135. The van der Waals surface area contributed by atoms with Crippen molar-refractivity contribution in [2.45, 2.75) is 33.3 Å². The van der Waals surface area contributed by atoms with Crippen LogP contribution >= 0.6 is 11.3 Å². The van der Waals surface area contributed by atoms with Crippen LogP contribution in [-0.4, -0.2) is 27.8 Å². The van der Waals surface area contributed by atoms with Gasteiger partial charge in [0.1, 0.15) is 10.6 Å². The molecular weight excluding hydrogens is 462 g/mol. The van der Waals surface area contributed by atoms with Gasteiger partial charge in [-0.2, -0.15) is 0 Å². The summed E-state index contributed by atoms with van der Waals surface area (Å²) in [5.41, 5.74) is 1.08. The number of nitrogens with one attached hydrogen (secondary N) is 1. The van der Waals surface area contributed by atoms with E-state index in [1.807, 2.05) is 31.2 Å². The average Bonchev–Trinajstić information content (AvgIpc) is 3.21. The fourth-order valence-electron chi connectivity index (χ4n) is 3.17. The van der Waals surface area contributed by atoms with Crippen molar-refractivity contribution in [3.63, 3.8) is 0 Å². The molecule has 1 heterocycles. The van der Waals surface area contributed by atoms with Crippen molar-refractivity contribution in [2.75, 3.05) is 5.32 Å². The molecule has 1 N–H and O–H groups in total. The number of thiophene rings is 1. The number of ether oxygens (including phenoxy) is 1. The standard InChI is InChI=1S/C23H21N3O7S/c1-4-14-5-7-15(8-6-14)19-12-34-22(20(19)23(28)33-13(2)3)24-21(27)16-9-17(25(29)30)11-18(10-16)26(31)32/h5-13H,4H2,1-3H3,(H,24,27). The third-order valence-corrected chi connectivity index (χ3v) is 5.72. The molecule has 0 radical (unpaired) electrons. The molecule has 11 heteroatoms. The number of carbonyl (C=O) groups is 2. The molecule has 0 fully saturated rings. The minimum atomic E-state index is -0.833. The Bertz CT molecular complexity index is 1230. The maximum Gasteiger partial charge on any atom is 0.342 e. The van der Waals surface area contributed by atoms with Gasteiger partial charge >= 0.3 is 5.97 Å². The summed E-state index contributed by atoms with van der Waals surface area (Å²) in [5, 5.41) is 26.7. The largest absolute Gasteiger partial charge is 0.459 e. The maximum atomic E-state index is 12.9. The lowest BCUT2D eigenvalue weighted by Crippen LogP contribution is -2.17. The van der Waals surface area contributed by atoms with Gasteiger partial charge in [0.05, 0.1) is 27.6 Å². The summed E-state index contributed by atoms with van der Waals surface area (Å²) < 4.78 is 5.37. The maximum absolute atomic E-state index is 12.9. The van der Waals surface area contributed by atoms with Crippen LogP contribution in [0.15, 0.2) is 47.8 Å². The van der Waals surface area contributed by atoms with E-state index in [9.17, 15) is 29.8 Å². The predicted molar refractivity (Wildman–Crippen MR) is 127 cm³/mol. The molecule has 0 aliphatic rings. The molecule has 0 atom stereocenters. The number of hydrogen-bond acceptors (Lipinski definition) is 8. The Morgan fingerprint density at radius 3 is 2.12 bits per heavy atom. The van der Waals surface area contributed by atoms with E-state index in [0.717, 1.165) is 47.1 Å². The molecule has 34 heavy (non-hydrogen) atoms. The second-order valence-corrected chi connectivity index (χ2v) is 8.44. The molecular formula is C23H21N3O7S. The predicted octanol–water partition coefficient (Wildman–Crippen LogP) is 5.61. The number of esters is 1. The lowest BCUT2D eigenvalue weighted by molar-refractivity contribution is -0.394. The number of anilines is 1. The van der Waals surface area contributed by atoms with E-state index in [4.69, 9.17) is 4.74 Å². The fourth-order valence-corrected chi connectivity index (χ4v) is 4.12. The van der Waals surface area contributed by atoms with Crippen LogP contribution in [0, 0.1) is 20.2 Å². The summed E-state index contributed by atoms with van der Waals surface area (Å²) in [7, 11) is 0. The molecule has 2 aromatic carbocycles. The molecule has 0 bridgehead atoms. The fraction of sp³-hybridized carbons (Fsp3) is 0.217. The molecule has 10 nitrogen and oxygen atoms in total. The van der Waals surface area contributed by atoms with Crippen LogP contribution in [0.1, 0.15) is 47.1 Å². The molecule has 176 valence electrons. The van der Waals surface area contributed by atoms with Crippen LogP contribution in [-0.2, 0) is 11.2 Å². The van der Waals surface area contributed by atoms with Crippen molar-refractivity contribution in [1.82, 2.24) is 0 Å². The summed E-state index contributed by atoms with van der Waals surface area (Å²) in [6.45, 7) is 5.41. The topological polar surface area (TPSA) is 142 Å². The molecule has 0 saturated heterocycles. The van der Waals surface area contributed by atoms with Crippen molar-refractivity contribution in [3.8, 4) is 11.1 Å². The average molecular weight is 484 g/mol. The molecule has 1 aromatic heterocycles. The Kier molecular flexibility index (Phi) is 7.37. The first-order chi connectivity index (χ1) is 16.1. The van der Waals surface area contributed by atoms with Gasteiger partial charge in [0.15, 0.2) is 0 Å². The minimum Gasteiger partial charge on any atom is -0.459 e. The van der Waals surface area contributed by atoms with Gasteiger partial charge < -0.3 is 10.1 Å². The molecule has 0 saturated carbocycles. The molecule has 0 aliphatic carbocycles. The SMILES string of the molecule is CCc1ccc(-c2csc(NC(=O)c3cc([N+](=O)[O-])cc([N+](=O)[O-])c3)c2C(=O)OC(C)C)cc1. The van der Waals surface area contributed by atoms with Crippen molar-refractivity contribution in [3.05, 3.63) is 84.8 Å². The van der Waals surface area contributed by atoms with E-state index in [2.05, 4.69) is 5.32 Å². The van der Waals surface area contributed by atoms with Crippen LogP contribution in [0.4, 0.5) is 16.4 Å². The number of amides is 1. The zero-order valence-electron chi connectivity index (χ0n) is 18.6. The van der Waals surface area contributed by atoms with Crippen LogP contribution in [0.25, 0.3) is 11.1 Å². The van der Waals surface area contributed by atoms with E-state index in [1.54, 1.807) is 19.2 Å². The smallest absolute Gasteiger partial charge is 0.342 e. The van der Waals surface area contributed by atoms with Crippen molar-refractivity contribution in [1.29, 1.82) is 0 Å². The number of aryl methyl sites for hydroxylation is 1. The third kappa shape index (κ3) is 5.44. The van der Waals surface area contributed by atoms with Gasteiger partial charge in [-0.25, -0.2) is 4.79 Å². The number of non-ortho nitro benzene ring substituents is 2. The van der Waals surface area contributed by atoms with Gasteiger partial charge in [-0.1, -0.05) is 31.2 Å². The molecule has 1 amide bonds. The van der Waals surface area contributed by atoms with Crippen LogP contribution < -0.4 is 5.32 Å². The quantitative estimate of drug-likeness (QED) is 0.249. The Morgan fingerprint density at radius 1 is 1.03 bits per heavy atom. The number of nitro benzene ring substituents is 2. The van der Waals surface area contributed by atoms with Gasteiger partial charge in [-0.3, -0.25) is 25.0 Å². The third-order valence-electron chi connectivity index (χ3n) is 4.82. The summed E-state index contributed by atoms with van der Waals surface area (Å²) in [4.78, 5) is 46.5. The van der Waals surface area contributed by atoms with Gasteiger partial charge in [0.25, 0.3) is 17.3 Å².